The molecule has 1 aliphatic rings. The third-order valence-corrected chi connectivity index (χ3v) is 4.74. The average Bonchev–Trinajstić information content (AvgIpc) is 3.23. The van der Waals surface area contributed by atoms with Gasteiger partial charge in [-0.05, 0) is 31.2 Å². The molecule has 0 radical (unpaired) electrons. The van der Waals surface area contributed by atoms with E-state index in [4.69, 9.17) is 5.84 Å². The number of hydrazine groups is 1. The molecule has 7 heteroatoms. The van der Waals surface area contributed by atoms with Crippen LogP contribution in [0.2, 0.25) is 0 Å². The molecule has 1 saturated carbocycles. The summed E-state index contributed by atoms with van der Waals surface area (Å²) in [7, 11) is 0. The molecule has 2 aromatic rings. The Bertz CT molecular complexity index is 610. The van der Waals surface area contributed by atoms with Gasteiger partial charge in [0.25, 0.3) is 0 Å². The molecule has 2 heterocycles. The maximum Gasteiger partial charge on any atom is 0.240 e. The summed E-state index contributed by atoms with van der Waals surface area (Å²) in [6, 6.07) is 2.10. The summed E-state index contributed by atoms with van der Waals surface area (Å²) in [6.45, 7) is 2.63. The van der Waals surface area contributed by atoms with E-state index in [1.165, 1.54) is 4.88 Å². The molecule has 1 fully saturated rings. The number of aliphatic hydroxyl groups is 1. The van der Waals surface area contributed by atoms with E-state index in [0.717, 1.165) is 35.3 Å². The fraction of sp³-hybridized carbons (Fsp3) is 0.538. The minimum absolute atomic E-state index is 0.307. The number of anilines is 2. The standard InChI is InChI=1S/C13H19N5OS/c1-2-8-5-9-11(15-6-10(19)7-3-4-7)16-13(18-14)17-12(9)20-8/h5,7,10,19H,2-4,6,14H2,1H3,(H2,15,16,17,18). The Hall–Kier alpha value is -1.44. The topological polar surface area (TPSA) is 96.1 Å². The van der Waals surface area contributed by atoms with E-state index in [0.29, 0.717) is 18.4 Å². The molecular weight excluding hydrogens is 274 g/mol. The van der Waals surface area contributed by atoms with E-state index in [9.17, 15) is 5.11 Å². The first-order chi connectivity index (χ1) is 9.71. The van der Waals surface area contributed by atoms with Crippen LogP contribution < -0.4 is 16.6 Å². The van der Waals surface area contributed by atoms with Crippen LogP contribution in [0, 0.1) is 5.92 Å². The third-order valence-electron chi connectivity index (χ3n) is 3.57. The summed E-state index contributed by atoms with van der Waals surface area (Å²) in [4.78, 5) is 10.9. The number of hydrogen-bond acceptors (Lipinski definition) is 7. The molecule has 20 heavy (non-hydrogen) atoms. The predicted octanol–water partition coefficient (Wildman–Crippen LogP) is 1.72. The molecule has 0 bridgehead atoms. The number of thiophene rings is 1. The highest BCUT2D eigenvalue weighted by Crippen LogP contribution is 2.33. The lowest BCUT2D eigenvalue weighted by atomic mass is 10.2. The summed E-state index contributed by atoms with van der Waals surface area (Å²) in [5.41, 5.74) is 2.49. The smallest absolute Gasteiger partial charge is 0.240 e. The average molecular weight is 293 g/mol. The summed E-state index contributed by atoms with van der Waals surface area (Å²) < 4.78 is 0. The highest BCUT2D eigenvalue weighted by molar-refractivity contribution is 7.18. The molecule has 1 aliphatic carbocycles. The van der Waals surface area contributed by atoms with Crippen molar-refractivity contribution < 1.29 is 5.11 Å². The molecule has 2 aromatic heterocycles. The van der Waals surface area contributed by atoms with Gasteiger partial charge in [0.05, 0.1) is 11.5 Å². The van der Waals surface area contributed by atoms with Crippen LogP contribution >= 0.6 is 11.3 Å². The normalized spacial score (nSPS) is 16.4. The SMILES string of the molecule is CCc1cc2c(NCC(O)C3CC3)nc(NN)nc2s1. The van der Waals surface area contributed by atoms with Crippen molar-refractivity contribution in [3.05, 3.63) is 10.9 Å². The lowest BCUT2D eigenvalue weighted by molar-refractivity contribution is 0.164. The van der Waals surface area contributed by atoms with Crippen LogP contribution in [0.5, 0.6) is 0 Å². The molecule has 0 aromatic carbocycles. The first-order valence-corrected chi connectivity index (χ1v) is 7.72. The van der Waals surface area contributed by atoms with Gasteiger partial charge in [-0.2, -0.15) is 4.98 Å². The van der Waals surface area contributed by atoms with Crippen molar-refractivity contribution in [2.24, 2.45) is 11.8 Å². The van der Waals surface area contributed by atoms with Crippen molar-refractivity contribution in [2.75, 3.05) is 17.3 Å². The number of aliphatic hydroxyl groups excluding tert-OH is 1. The summed E-state index contributed by atoms with van der Waals surface area (Å²) >= 11 is 1.64. The van der Waals surface area contributed by atoms with Crippen LogP contribution in [0.1, 0.15) is 24.6 Å². The molecule has 3 rings (SSSR count). The number of hydrogen-bond donors (Lipinski definition) is 4. The number of fused-ring (bicyclic) bond motifs is 1. The zero-order valence-corrected chi connectivity index (χ0v) is 12.2. The van der Waals surface area contributed by atoms with Gasteiger partial charge < -0.3 is 10.4 Å². The minimum atomic E-state index is -0.307. The first-order valence-electron chi connectivity index (χ1n) is 6.90. The second-order valence-corrected chi connectivity index (χ2v) is 6.23. The minimum Gasteiger partial charge on any atom is -0.391 e. The fourth-order valence-electron chi connectivity index (χ4n) is 2.19. The molecule has 5 N–H and O–H groups in total. The third kappa shape index (κ3) is 2.70. The van der Waals surface area contributed by atoms with Crippen LogP contribution in [-0.2, 0) is 6.42 Å². The van der Waals surface area contributed by atoms with Crippen molar-refractivity contribution in [3.63, 3.8) is 0 Å². The number of nitrogens with zero attached hydrogens (tertiary/aromatic N) is 2. The van der Waals surface area contributed by atoms with Crippen LogP contribution in [0.3, 0.4) is 0 Å². The Morgan fingerprint density at radius 2 is 2.30 bits per heavy atom. The molecule has 1 atom stereocenters. The number of rotatable bonds is 6. The zero-order valence-electron chi connectivity index (χ0n) is 11.4. The lowest BCUT2D eigenvalue weighted by Crippen LogP contribution is -2.22. The zero-order chi connectivity index (χ0) is 14.1. The van der Waals surface area contributed by atoms with Crippen molar-refractivity contribution >= 4 is 33.3 Å². The van der Waals surface area contributed by atoms with Crippen molar-refractivity contribution in [2.45, 2.75) is 32.3 Å². The molecule has 108 valence electrons. The van der Waals surface area contributed by atoms with E-state index in [2.05, 4.69) is 33.7 Å². The fourth-order valence-corrected chi connectivity index (χ4v) is 3.16. The van der Waals surface area contributed by atoms with Crippen LogP contribution in [0.25, 0.3) is 10.2 Å². The van der Waals surface area contributed by atoms with Gasteiger partial charge in [-0.15, -0.1) is 11.3 Å². The Kier molecular flexibility index (Phi) is 3.73. The summed E-state index contributed by atoms with van der Waals surface area (Å²) in [5, 5.41) is 14.2. The largest absolute Gasteiger partial charge is 0.391 e. The van der Waals surface area contributed by atoms with Gasteiger partial charge in [0.15, 0.2) is 0 Å². The Labute approximate surface area is 121 Å². The monoisotopic (exact) mass is 293 g/mol. The maximum atomic E-state index is 9.96. The van der Waals surface area contributed by atoms with E-state index in [1.54, 1.807) is 11.3 Å². The Balaban J connectivity index is 1.87. The van der Waals surface area contributed by atoms with Gasteiger partial charge in [-0.3, -0.25) is 5.43 Å². The number of nitrogens with one attached hydrogen (secondary N) is 2. The van der Waals surface area contributed by atoms with E-state index in [-0.39, 0.29) is 6.10 Å². The van der Waals surface area contributed by atoms with Gasteiger partial charge in [0, 0.05) is 11.4 Å². The second-order valence-electron chi connectivity index (χ2n) is 5.11. The van der Waals surface area contributed by atoms with Crippen LogP contribution in [-0.4, -0.2) is 27.7 Å². The quantitative estimate of drug-likeness (QED) is 0.478. The highest BCUT2D eigenvalue weighted by Gasteiger charge is 2.29. The molecule has 6 nitrogen and oxygen atoms in total. The molecule has 0 saturated heterocycles. The number of aromatic nitrogens is 2. The van der Waals surface area contributed by atoms with Gasteiger partial charge >= 0.3 is 0 Å². The number of aryl methyl sites for hydroxylation is 1. The molecule has 1 unspecified atom stereocenters. The van der Waals surface area contributed by atoms with Crippen molar-refractivity contribution in [3.8, 4) is 0 Å². The highest BCUT2D eigenvalue weighted by atomic mass is 32.1. The molecule has 0 amide bonds. The van der Waals surface area contributed by atoms with Crippen LogP contribution in [0.15, 0.2) is 6.07 Å². The number of nitrogen functional groups attached to an aromatic ring is 1. The maximum absolute atomic E-state index is 9.96. The van der Waals surface area contributed by atoms with Crippen molar-refractivity contribution in [1.29, 1.82) is 0 Å². The molecule has 0 spiro atoms. The molecule has 0 aliphatic heterocycles. The van der Waals surface area contributed by atoms with Gasteiger partial charge in [0.2, 0.25) is 5.95 Å². The second kappa shape index (κ2) is 5.51. The Morgan fingerprint density at radius 3 is 2.95 bits per heavy atom. The first kappa shape index (κ1) is 13.5. The van der Waals surface area contributed by atoms with E-state index >= 15 is 0 Å². The predicted molar refractivity (Wildman–Crippen MR) is 81.8 cm³/mol. The van der Waals surface area contributed by atoms with Gasteiger partial charge in [0.1, 0.15) is 10.6 Å². The summed E-state index contributed by atoms with van der Waals surface area (Å²) in [6.07, 6.45) is 2.90. The van der Waals surface area contributed by atoms with Crippen LogP contribution in [0.4, 0.5) is 11.8 Å². The Morgan fingerprint density at radius 1 is 1.50 bits per heavy atom. The number of nitrogens with two attached hydrogens (primary N) is 1. The van der Waals surface area contributed by atoms with Gasteiger partial charge in [-0.1, -0.05) is 6.92 Å². The van der Waals surface area contributed by atoms with E-state index in [1.807, 2.05) is 0 Å². The summed E-state index contributed by atoms with van der Waals surface area (Å²) in [5.74, 6) is 6.99. The van der Waals surface area contributed by atoms with E-state index < -0.39 is 0 Å². The molecular formula is C13H19N5OS. The van der Waals surface area contributed by atoms with Gasteiger partial charge in [-0.25, -0.2) is 10.8 Å². The van der Waals surface area contributed by atoms with Crippen molar-refractivity contribution in [1.82, 2.24) is 9.97 Å². The lowest BCUT2D eigenvalue weighted by Gasteiger charge is -2.12.